The van der Waals surface area contributed by atoms with E-state index in [2.05, 4.69) is 21.8 Å². The molecular formula is C22H24N4O4. The molecule has 0 spiro atoms. The first-order chi connectivity index (χ1) is 14.4. The molecule has 2 N–H and O–H groups in total. The first-order valence-corrected chi connectivity index (χ1v) is 9.93. The maximum Gasteiger partial charge on any atom is 0.329 e. The number of carbonyl (C=O) groups is 1. The fourth-order valence-electron chi connectivity index (χ4n) is 3.89. The number of aromatic amines is 1. The Bertz CT molecular complexity index is 1180. The third-order valence-electron chi connectivity index (χ3n) is 5.65. The molecule has 2 heterocycles. The smallest absolute Gasteiger partial charge is 0.329 e. The molecule has 1 unspecified atom stereocenters. The molecule has 1 aliphatic heterocycles. The lowest BCUT2D eigenvalue weighted by molar-refractivity contribution is -0.141. The van der Waals surface area contributed by atoms with Crippen LogP contribution in [0.2, 0.25) is 0 Å². The Balaban J connectivity index is 1.74. The van der Waals surface area contributed by atoms with E-state index in [0.717, 1.165) is 42.0 Å². The fourth-order valence-corrected chi connectivity index (χ4v) is 3.89. The Hall–Kier alpha value is -3.39. The number of hydrogen-bond donors (Lipinski definition) is 2. The van der Waals surface area contributed by atoms with Gasteiger partial charge in [-0.3, -0.25) is 4.79 Å². The summed E-state index contributed by atoms with van der Waals surface area (Å²) in [7, 11) is 2.08. The lowest BCUT2D eigenvalue weighted by Crippen LogP contribution is -2.44. The molecule has 8 nitrogen and oxygen atoms in total. The Labute approximate surface area is 173 Å². The molecule has 0 saturated carbocycles. The van der Waals surface area contributed by atoms with Crippen molar-refractivity contribution in [1.82, 2.24) is 14.5 Å². The quantitative estimate of drug-likeness (QED) is 0.661. The predicted molar refractivity (Wildman–Crippen MR) is 115 cm³/mol. The average Bonchev–Trinajstić information content (AvgIpc) is 2.74. The minimum Gasteiger partial charge on any atom is -0.480 e. The van der Waals surface area contributed by atoms with Gasteiger partial charge in [0.05, 0.1) is 10.9 Å². The third kappa shape index (κ3) is 3.86. The van der Waals surface area contributed by atoms with Gasteiger partial charge in [-0.1, -0.05) is 30.3 Å². The molecule has 30 heavy (non-hydrogen) atoms. The molecule has 0 aliphatic carbocycles. The van der Waals surface area contributed by atoms with Crippen molar-refractivity contribution >= 4 is 22.6 Å². The van der Waals surface area contributed by atoms with Crippen LogP contribution in [0.4, 0.5) is 5.69 Å². The van der Waals surface area contributed by atoms with Crippen LogP contribution in [-0.2, 0) is 11.2 Å². The van der Waals surface area contributed by atoms with Crippen molar-refractivity contribution in [2.45, 2.75) is 12.5 Å². The molecule has 0 bridgehead atoms. The van der Waals surface area contributed by atoms with Gasteiger partial charge < -0.3 is 19.9 Å². The normalized spacial score (nSPS) is 16.0. The van der Waals surface area contributed by atoms with Crippen LogP contribution in [0.25, 0.3) is 10.9 Å². The first-order valence-electron chi connectivity index (χ1n) is 9.93. The SMILES string of the molecule is CN1CCN(c2ccc3c(=O)n(C(Cc4ccccc4)C(=O)O)c(=O)[nH]c3c2)CC1. The topological polar surface area (TPSA) is 98.6 Å². The monoisotopic (exact) mass is 408 g/mol. The molecule has 0 amide bonds. The van der Waals surface area contributed by atoms with Gasteiger partial charge in [0, 0.05) is 38.3 Å². The van der Waals surface area contributed by atoms with Gasteiger partial charge in [-0.05, 0) is 30.8 Å². The Morgan fingerprint density at radius 3 is 2.43 bits per heavy atom. The van der Waals surface area contributed by atoms with Crippen molar-refractivity contribution in [3.8, 4) is 0 Å². The lowest BCUT2D eigenvalue weighted by atomic mass is 10.1. The number of likely N-dealkylation sites (N-methyl/N-ethyl adjacent to an activating group) is 1. The average molecular weight is 408 g/mol. The number of rotatable bonds is 5. The van der Waals surface area contributed by atoms with E-state index >= 15 is 0 Å². The summed E-state index contributed by atoms with van der Waals surface area (Å²) < 4.78 is 0.813. The number of aliphatic carboxylic acids is 1. The molecule has 1 aromatic heterocycles. The summed E-state index contributed by atoms with van der Waals surface area (Å²) in [4.78, 5) is 44.9. The van der Waals surface area contributed by atoms with Gasteiger partial charge >= 0.3 is 11.7 Å². The van der Waals surface area contributed by atoms with E-state index in [-0.39, 0.29) is 6.42 Å². The number of H-pyrrole nitrogens is 1. The summed E-state index contributed by atoms with van der Waals surface area (Å²) in [5, 5.41) is 10.0. The van der Waals surface area contributed by atoms with Crippen LogP contribution in [-0.4, -0.2) is 58.8 Å². The van der Waals surface area contributed by atoms with Crippen molar-refractivity contribution in [2.24, 2.45) is 0 Å². The summed E-state index contributed by atoms with van der Waals surface area (Å²) in [5.41, 5.74) is 0.777. The van der Waals surface area contributed by atoms with E-state index in [9.17, 15) is 19.5 Å². The van der Waals surface area contributed by atoms with E-state index in [4.69, 9.17) is 0 Å². The Morgan fingerprint density at radius 1 is 1.07 bits per heavy atom. The van der Waals surface area contributed by atoms with Gasteiger partial charge in [-0.25, -0.2) is 14.2 Å². The summed E-state index contributed by atoms with van der Waals surface area (Å²) >= 11 is 0. The van der Waals surface area contributed by atoms with Crippen LogP contribution >= 0.6 is 0 Å². The van der Waals surface area contributed by atoms with E-state index in [0.29, 0.717) is 10.9 Å². The van der Waals surface area contributed by atoms with Gasteiger partial charge in [0.2, 0.25) is 0 Å². The maximum atomic E-state index is 13.1. The van der Waals surface area contributed by atoms with E-state index < -0.39 is 23.3 Å². The molecular weight excluding hydrogens is 384 g/mol. The van der Waals surface area contributed by atoms with Crippen molar-refractivity contribution in [3.63, 3.8) is 0 Å². The zero-order valence-electron chi connectivity index (χ0n) is 16.7. The Morgan fingerprint density at radius 2 is 1.77 bits per heavy atom. The first kappa shape index (κ1) is 19.9. The second-order valence-electron chi connectivity index (χ2n) is 7.67. The molecule has 1 aliphatic rings. The molecule has 1 saturated heterocycles. The number of anilines is 1. The number of benzene rings is 2. The lowest BCUT2D eigenvalue weighted by Gasteiger charge is -2.34. The number of carboxylic acids is 1. The second-order valence-corrected chi connectivity index (χ2v) is 7.67. The molecule has 1 fully saturated rings. The van der Waals surface area contributed by atoms with Crippen molar-refractivity contribution in [2.75, 3.05) is 38.1 Å². The van der Waals surface area contributed by atoms with Gasteiger partial charge in [-0.15, -0.1) is 0 Å². The maximum absolute atomic E-state index is 13.1. The molecule has 0 radical (unpaired) electrons. The second kappa shape index (κ2) is 8.16. The van der Waals surface area contributed by atoms with Crippen LogP contribution in [0.5, 0.6) is 0 Å². The standard InChI is InChI=1S/C22H24N4O4/c1-24-9-11-25(12-10-24)16-7-8-17-18(14-16)23-22(30)26(20(17)27)19(21(28)29)13-15-5-3-2-4-6-15/h2-8,14,19H,9-13H2,1H3,(H,23,30)(H,28,29). The number of nitrogens with one attached hydrogen (secondary N) is 1. The highest BCUT2D eigenvalue weighted by Gasteiger charge is 2.25. The molecule has 8 heteroatoms. The van der Waals surface area contributed by atoms with Crippen LogP contribution in [0.3, 0.4) is 0 Å². The van der Waals surface area contributed by atoms with Gasteiger partial charge in [-0.2, -0.15) is 0 Å². The van der Waals surface area contributed by atoms with Crippen molar-refractivity contribution < 1.29 is 9.90 Å². The number of carboxylic acid groups (broad SMARTS) is 1. The van der Waals surface area contributed by atoms with Gasteiger partial charge in [0.1, 0.15) is 6.04 Å². The highest BCUT2D eigenvalue weighted by atomic mass is 16.4. The molecule has 2 aromatic carbocycles. The predicted octanol–water partition coefficient (Wildman–Crippen LogP) is 1.31. The zero-order valence-corrected chi connectivity index (χ0v) is 16.7. The number of aromatic nitrogens is 2. The highest BCUT2D eigenvalue weighted by molar-refractivity contribution is 5.82. The fraction of sp³-hybridized carbons (Fsp3) is 0.318. The zero-order chi connectivity index (χ0) is 21.3. The largest absolute Gasteiger partial charge is 0.480 e. The van der Waals surface area contributed by atoms with Crippen LogP contribution in [0, 0.1) is 0 Å². The minimum absolute atomic E-state index is 0.0457. The summed E-state index contributed by atoms with van der Waals surface area (Å²) in [5.74, 6) is -1.22. The molecule has 156 valence electrons. The number of piperazine rings is 1. The van der Waals surface area contributed by atoms with Crippen LogP contribution < -0.4 is 16.1 Å². The van der Waals surface area contributed by atoms with E-state index in [1.54, 1.807) is 36.4 Å². The number of nitrogens with zero attached hydrogens (tertiary/aromatic N) is 3. The number of hydrogen-bond acceptors (Lipinski definition) is 5. The summed E-state index contributed by atoms with van der Waals surface area (Å²) in [6, 6.07) is 13.0. The van der Waals surface area contributed by atoms with Crippen LogP contribution in [0.15, 0.2) is 58.1 Å². The number of fused-ring (bicyclic) bond motifs is 1. The van der Waals surface area contributed by atoms with Crippen molar-refractivity contribution in [1.29, 1.82) is 0 Å². The molecule has 3 aromatic rings. The van der Waals surface area contributed by atoms with Crippen molar-refractivity contribution in [3.05, 3.63) is 74.9 Å². The summed E-state index contributed by atoms with van der Waals surface area (Å²) in [6.07, 6.45) is 0.0457. The van der Waals surface area contributed by atoms with Gasteiger partial charge in [0.25, 0.3) is 5.56 Å². The highest BCUT2D eigenvalue weighted by Crippen LogP contribution is 2.20. The molecule has 1 atom stereocenters. The minimum atomic E-state index is -1.29. The summed E-state index contributed by atoms with van der Waals surface area (Å²) in [6.45, 7) is 3.61. The van der Waals surface area contributed by atoms with Crippen LogP contribution in [0.1, 0.15) is 11.6 Å². The third-order valence-corrected chi connectivity index (χ3v) is 5.65. The van der Waals surface area contributed by atoms with E-state index in [1.165, 1.54) is 0 Å². The Kier molecular flexibility index (Phi) is 5.41. The molecule has 4 rings (SSSR count). The van der Waals surface area contributed by atoms with E-state index in [1.807, 2.05) is 12.1 Å². The van der Waals surface area contributed by atoms with Gasteiger partial charge in [0.15, 0.2) is 0 Å².